The number of aryl methyl sites for hydroxylation is 1. The van der Waals surface area contributed by atoms with Crippen molar-refractivity contribution in [2.75, 3.05) is 115 Å². The molecule has 0 aliphatic carbocycles. The lowest BCUT2D eigenvalue weighted by Crippen LogP contribution is -2.54. The number of pyridine rings is 1. The van der Waals surface area contributed by atoms with Crippen LogP contribution in [0, 0.1) is 6.92 Å². The molecule has 394 valence electrons. The minimum absolute atomic E-state index is 0.0554. The Kier molecular flexibility index (Phi) is 19.4. The average Bonchev–Trinajstić information content (AvgIpc) is 3.68. The smallest absolute Gasteiger partial charge is 0.264 e. The number of aromatic nitrogens is 3. The topological polar surface area (TPSA) is 245 Å². The molecule has 5 heterocycles. The molecule has 4 N–H and O–H groups in total. The molecule has 5 aromatic rings. The molecule has 21 heteroatoms. The van der Waals surface area contributed by atoms with Crippen LogP contribution in [0.25, 0.3) is 11.3 Å². The van der Waals surface area contributed by atoms with Crippen molar-refractivity contribution in [2.45, 2.75) is 38.8 Å². The van der Waals surface area contributed by atoms with Gasteiger partial charge in [0.15, 0.2) is 0 Å². The highest BCUT2D eigenvalue weighted by molar-refractivity contribution is 6.25. The Morgan fingerprint density at radius 2 is 1.44 bits per heavy atom. The maximum Gasteiger partial charge on any atom is 0.264 e. The molecular weight excluding hydrogens is 965 g/mol. The van der Waals surface area contributed by atoms with Gasteiger partial charge < -0.3 is 44.5 Å². The number of amides is 6. The van der Waals surface area contributed by atoms with Crippen molar-refractivity contribution in [1.29, 1.82) is 0 Å². The van der Waals surface area contributed by atoms with Crippen LogP contribution in [0.2, 0.25) is 0 Å². The zero-order valence-corrected chi connectivity index (χ0v) is 41.9. The first-order valence-electron chi connectivity index (χ1n) is 25.1. The molecule has 0 spiro atoms. The fourth-order valence-electron chi connectivity index (χ4n) is 8.65. The summed E-state index contributed by atoms with van der Waals surface area (Å²) in [5, 5.41) is 11.6. The van der Waals surface area contributed by atoms with E-state index in [1.165, 1.54) is 0 Å². The Labute approximate surface area is 434 Å². The number of piperidine rings is 1. The number of nitrogens with one attached hydrogen (secondary N) is 4. The molecule has 2 fully saturated rings. The first kappa shape index (κ1) is 53.8. The van der Waals surface area contributed by atoms with Crippen LogP contribution in [-0.4, -0.2) is 170 Å². The van der Waals surface area contributed by atoms with Crippen LogP contribution in [0.15, 0.2) is 97.5 Å². The van der Waals surface area contributed by atoms with Gasteiger partial charge in [-0.25, -0.2) is 9.97 Å². The molecule has 1 unspecified atom stereocenters. The third-order valence-electron chi connectivity index (χ3n) is 12.7. The Hall–Kier alpha value is -7.53. The number of hydrogen-bond acceptors (Lipinski definition) is 17. The number of ether oxygens (including phenoxy) is 5. The van der Waals surface area contributed by atoms with E-state index in [1.54, 1.807) is 36.8 Å². The number of anilines is 4. The molecule has 0 bridgehead atoms. The number of piperazine rings is 1. The van der Waals surface area contributed by atoms with Gasteiger partial charge in [0, 0.05) is 92.5 Å². The minimum Gasteiger partial charge on any atom is -0.382 e. The third-order valence-corrected chi connectivity index (χ3v) is 12.7. The molecular formula is C54H62N10O11. The van der Waals surface area contributed by atoms with Gasteiger partial charge in [0.05, 0.1) is 89.3 Å². The summed E-state index contributed by atoms with van der Waals surface area (Å²) in [7, 11) is 0. The highest BCUT2D eigenvalue weighted by Crippen LogP contribution is 2.32. The van der Waals surface area contributed by atoms with Gasteiger partial charge in [0.25, 0.3) is 17.7 Å². The molecule has 0 radical (unpaired) electrons. The summed E-state index contributed by atoms with van der Waals surface area (Å²) in [5.41, 5.74) is 6.52. The number of benzene rings is 3. The van der Waals surface area contributed by atoms with Crippen LogP contribution >= 0.6 is 0 Å². The Balaban J connectivity index is 0.606. The summed E-state index contributed by atoms with van der Waals surface area (Å²) in [4.78, 5) is 94.6. The lowest BCUT2D eigenvalue weighted by atomic mass is 10.0. The first-order chi connectivity index (χ1) is 36.6. The van der Waals surface area contributed by atoms with Crippen LogP contribution < -0.4 is 21.3 Å². The van der Waals surface area contributed by atoms with E-state index in [4.69, 9.17) is 23.7 Å². The van der Waals surface area contributed by atoms with E-state index in [0.717, 1.165) is 52.6 Å². The maximum absolute atomic E-state index is 13.2. The fourth-order valence-corrected chi connectivity index (χ4v) is 8.65. The van der Waals surface area contributed by atoms with Crippen LogP contribution in [0.1, 0.15) is 61.5 Å². The second-order valence-corrected chi connectivity index (χ2v) is 17.9. The largest absolute Gasteiger partial charge is 0.382 e. The number of nitrogens with zero attached hydrogens (tertiary/aromatic N) is 6. The highest BCUT2D eigenvalue weighted by atomic mass is 16.6. The molecule has 0 saturated carbocycles. The summed E-state index contributed by atoms with van der Waals surface area (Å²) >= 11 is 0. The SMILES string of the molecule is Cc1ccc(NC(=O)c2ccc(CN3CCN(C(=O)CCOCCOCCOCCOCCOCCNc4cccc5c4C(=O)N(C4CCC(=O)NC4=O)C5=O)CC3)cc2)cc1Nc1nccc(-c2cccnc2)n1. The molecule has 8 rings (SSSR count). The van der Waals surface area contributed by atoms with E-state index >= 15 is 0 Å². The predicted molar refractivity (Wildman–Crippen MR) is 276 cm³/mol. The quantitative estimate of drug-likeness (QED) is 0.0419. The van der Waals surface area contributed by atoms with Gasteiger partial charge in [-0.1, -0.05) is 24.3 Å². The summed E-state index contributed by atoms with van der Waals surface area (Å²) in [6.45, 7) is 9.54. The van der Waals surface area contributed by atoms with Gasteiger partial charge in [-0.15, -0.1) is 0 Å². The Bertz CT molecular complexity index is 2780. The fraction of sp³-hybridized carbons (Fsp3) is 0.389. The Morgan fingerprint density at radius 3 is 2.13 bits per heavy atom. The summed E-state index contributed by atoms with van der Waals surface area (Å²) in [5.74, 6) is -1.92. The van der Waals surface area contributed by atoms with Gasteiger partial charge in [-0.05, 0) is 79.1 Å². The maximum atomic E-state index is 13.2. The highest BCUT2D eigenvalue weighted by Gasteiger charge is 2.45. The molecule has 2 aromatic heterocycles. The van der Waals surface area contributed by atoms with Gasteiger partial charge in [-0.2, -0.15) is 0 Å². The van der Waals surface area contributed by atoms with E-state index in [1.807, 2.05) is 72.5 Å². The number of fused-ring (bicyclic) bond motifs is 1. The molecule has 21 nitrogen and oxygen atoms in total. The minimum atomic E-state index is -1.02. The molecule has 3 aromatic carbocycles. The lowest BCUT2D eigenvalue weighted by Gasteiger charge is -2.34. The summed E-state index contributed by atoms with van der Waals surface area (Å²) in [6.07, 6.45) is 5.61. The summed E-state index contributed by atoms with van der Waals surface area (Å²) in [6, 6.07) is 22.8. The second-order valence-electron chi connectivity index (χ2n) is 17.9. The molecule has 2 saturated heterocycles. The van der Waals surface area contributed by atoms with Gasteiger partial charge >= 0.3 is 0 Å². The zero-order chi connectivity index (χ0) is 52.4. The van der Waals surface area contributed by atoms with Crippen molar-refractivity contribution in [1.82, 2.24) is 35.0 Å². The molecule has 1 atom stereocenters. The van der Waals surface area contributed by atoms with Gasteiger partial charge in [0.2, 0.25) is 23.7 Å². The normalized spacial score (nSPS) is 15.7. The molecule has 3 aliphatic heterocycles. The second kappa shape index (κ2) is 27.1. The van der Waals surface area contributed by atoms with E-state index in [2.05, 4.69) is 41.1 Å². The van der Waals surface area contributed by atoms with E-state index < -0.39 is 29.7 Å². The van der Waals surface area contributed by atoms with Crippen molar-refractivity contribution < 1.29 is 52.5 Å². The standard InChI is InChI=1S/C54H62N10O11/c1-37-7-12-41(34-45(37)60-54-57-18-15-43(59-54)40-4-3-17-55-35-40)58-50(67)39-10-8-38(9-11-39)36-62-20-22-63(23-21-62)48(66)16-24-71-26-28-73-30-32-75-33-31-74-29-27-72-25-19-56-44-6-2-5-42-49(44)53(70)64(52(42)69)46-13-14-47(65)61-51(46)68/h2-12,15,17-18,34-35,46,56H,13-14,16,19-33,36H2,1H3,(H,58,67)(H,57,59,60)(H,61,65,68). The van der Waals surface area contributed by atoms with Crippen molar-refractivity contribution >= 4 is 58.5 Å². The molecule has 3 aliphatic rings. The Morgan fingerprint density at radius 1 is 0.733 bits per heavy atom. The van der Waals surface area contributed by atoms with E-state index in [9.17, 15) is 28.8 Å². The average molecular weight is 1030 g/mol. The van der Waals surface area contributed by atoms with Crippen molar-refractivity contribution in [3.63, 3.8) is 0 Å². The summed E-state index contributed by atoms with van der Waals surface area (Å²) < 4.78 is 28.0. The number of hydrogen-bond donors (Lipinski definition) is 4. The third kappa shape index (κ3) is 15.1. The predicted octanol–water partition coefficient (Wildman–Crippen LogP) is 4.47. The number of carbonyl (C=O) groups is 6. The zero-order valence-electron chi connectivity index (χ0n) is 41.9. The monoisotopic (exact) mass is 1030 g/mol. The van der Waals surface area contributed by atoms with Gasteiger partial charge in [-0.3, -0.25) is 48.9 Å². The van der Waals surface area contributed by atoms with E-state index in [-0.39, 0.29) is 35.8 Å². The van der Waals surface area contributed by atoms with Gasteiger partial charge in [0.1, 0.15) is 6.04 Å². The first-order valence-corrected chi connectivity index (χ1v) is 25.1. The molecule has 75 heavy (non-hydrogen) atoms. The van der Waals surface area contributed by atoms with E-state index in [0.29, 0.717) is 115 Å². The van der Waals surface area contributed by atoms with Crippen molar-refractivity contribution in [3.8, 4) is 11.3 Å². The van der Waals surface area contributed by atoms with Crippen molar-refractivity contribution in [3.05, 3.63) is 125 Å². The van der Waals surface area contributed by atoms with Crippen LogP contribution in [0.5, 0.6) is 0 Å². The van der Waals surface area contributed by atoms with Crippen LogP contribution in [0.4, 0.5) is 23.0 Å². The van der Waals surface area contributed by atoms with Crippen LogP contribution in [0.3, 0.4) is 0 Å². The number of carbonyl (C=O) groups excluding carboxylic acids is 6. The van der Waals surface area contributed by atoms with Crippen LogP contribution in [-0.2, 0) is 44.6 Å². The number of imide groups is 2. The van der Waals surface area contributed by atoms with Crippen molar-refractivity contribution in [2.24, 2.45) is 0 Å². The number of rotatable bonds is 27. The lowest BCUT2D eigenvalue weighted by molar-refractivity contribution is -0.136. The molecule has 6 amide bonds.